The maximum Gasteiger partial charge on any atom is 0.232 e. The minimum atomic E-state index is -0.149. The predicted molar refractivity (Wildman–Crippen MR) is 94.7 cm³/mol. The summed E-state index contributed by atoms with van der Waals surface area (Å²) in [6, 6.07) is 9.21. The number of aromatic nitrogens is 3. The highest BCUT2D eigenvalue weighted by atomic mass is 16.6. The van der Waals surface area contributed by atoms with E-state index >= 15 is 0 Å². The Hall–Kier alpha value is -3.42. The van der Waals surface area contributed by atoms with Gasteiger partial charge in [-0.05, 0) is 24.3 Å². The number of rotatable bonds is 3. The second-order valence-corrected chi connectivity index (χ2v) is 6.43. The van der Waals surface area contributed by atoms with Gasteiger partial charge in [0.25, 0.3) is 0 Å². The van der Waals surface area contributed by atoms with Crippen LogP contribution < -0.4 is 14.4 Å². The Balaban J connectivity index is 1.37. The van der Waals surface area contributed by atoms with Crippen molar-refractivity contribution in [3.8, 4) is 22.9 Å². The van der Waals surface area contributed by atoms with Crippen LogP contribution in [0, 0.1) is 0 Å². The number of fused-ring (bicyclic) bond motifs is 1. The summed E-state index contributed by atoms with van der Waals surface area (Å²) in [6.45, 7) is 1.52. The van der Waals surface area contributed by atoms with Gasteiger partial charge >= 0.3 is 0 Å². The van der Waals surface area contributed by atoms with Crippen LogP contribution in [0.2, 0.25) is 0 Å². The van der Waals surface area contributed by atoms with Crippen LogP contribution >= 0.6 is 0 Å². The third kappa shape index (κ3) is 2.88. The Bertz CT molecular complexity index is 988. The maximum atomic E-state index is 12.6. The quantitative estimate of drug-likeness (QED) is 0.705. The fourth-order valence-electron chi connectivity index (χ4n) is 3.34. The molecule has 1 fully saturated rings. The SMILES string of the molecule is O=C1CC(c2nc(-c3cccnc3)no2)CN1c1ccc2c(c1)OCCO2. The second kappa shape index (κ2) is 6.39. The summed E-state index contributed by atoms with van der Waals surface area (Å²) in [4.78, 5) is 22.8. The molecule has 1 unspecified atom stereocenters. The van der Waals surface area contributed by atoms with Gasteiger partial charge < -0.3 is 18.9 Å². The maximum absolute atomic E-state index is 12.6. The molecule has 2 aromatic heterocycles. The van der Waals surface area contributed by atoms with Crippen LogP contribution in [-0.2, 0) is 4.79 Å². The normalized spacial score (nSPS) is 18.7. The molecule has 1 aromatic carbocycles. The number of pyridine rings is 1. The zero-order valence-electron chi connectivity index (χ0n) is 14.4. The average molecular weight is 364 g/mol. The lowest BCUT2D eigenvalue weighted by Crippen LogP contribution is -2.24. The number of hydrogen-bond acceptors (Lipinski definition) is 7. The van der Waals surface area contributed by atoms with Gasteiger partial charge in [-0.15, -0.1) is 0 Å². The zero-order chi connectivity index (χ0) is 18.2. The molecule has 4 heterocycles. The van der Waals surface area contributed by atoms with Crippen LogP contribution in [0.5, 0.6) is 11.5 Å². The van der Waals surface area contributed by atoms with Crippen LogP contribution in [-0.4, -0.2) is 40.8 Å². The van der Waals surface area contributed by atoms with E-state index < -0.39 is 0 Å². The highest BCUT2D eigenvalue weighted by molar-refractivity contribution is 5.96. The highest BCUT2D eigenvalue weighted by Gasteiger charge is 2.35. The van der Waals surface area contributed by atoms with Crippen LogP contribution in [0.4, 0.5) is 5.69 Å². The Morgan fingerprint density at radius 2 is 2.00 bits per heavy atom. The van der Waals surface area contributed by atoms with Crippen LogP contribution in [0.3, 0.4) is 0 Å². The number of hydrogen-bond donors (Lipinski definition) is 0. The van der Waals surface area contributed by atoms with Crippen LogP contribution in [0.15, 0.2) is 47.2 Å². The first kappa shape index (κ1) is 15.8. The van der Waals surface area contributed by atoms with Crippen LogP contribution in [0.1, 0.15) is 18.2 Å². The van der Waals surface area contributed by atoms with Crippen molar-refractivity contribution in [2.45, 2.75) is 12.3 Å². The molecule has 0 aliphatic carbocycles. The summed E-state index contributed by atoms with van der Waals surface area (Å²) >= 11 is 0. The lowest BCUT2D eigenvalue weighted by Gasteiger charge is -2.22. The molecule has 0 radical (unpaired) electrons. The Morgan fingerprint density at radius 3 is 2.85 bits per heavy atom. The lowest BCUT2D eigenvalue weighted by molar-refractivity contribution is -0.117. The van der Waals surface area contributed by atoms with E-state index in [9.17, 15) is 4.79 Å². The number of amides is 1. The molecule has 3 aromatic rings. The summed E-state index contributed by atoms with van der Waals surface area (Å²) in [5, 5.41) is 4.02. The number of nitrogens with zero attached hydrogens (tertiary/aromatic N) is 4. The number of carbonyl (C=O) groups is 1. The molecule has 2 aliphatic rings. The van der Waals surface area contributed by atoms with Gasteiger partial charge in [-0.25, -0.2) is 0 Å². The van der Waals surface area contributed by atoms with Crippen molar-refractivity contribution in [1.29, 1.82) is 0 Å². The average Bonchev–Trinajstić information content (AvgIpc) is 3.35. The van der Waals surface area contributed by atoms with Gasteiger partial charge in [-0.2, -0.15) is 4.98 Å². The van der Waals surface area contributed by atoms with Gasteiger partial charge in [-0.1, -0.05) is 5.16 Å². The van der Waals surface area contributed by atoms with E-state index in [1.807, 2.05) is 30.3 Å². The summed E-state index contributed by atoms with van der Waals surface area (Å²) in [5.41, 5.74) is 1.55. The molecule has 0 saturated carbocycles. The molecule has 27 heavy (non-hydrogen) atoms. The van der Waals surface area contributed by atoms with E-state index in [4.69, 9.17) is 14.0 Å². The first-order valence-corrected chi connectivity index (χ1v) is 8.72. The molecule has 136 valence electrons. The minimum absolute atomic E-state index is 0.0119. The Morgan fingerprint density at radius 1 is 1.11 bits per heavy atom. The van der Waals surface area contributed by atoms with Gasteiger partial charge in [0.2, 0.25) is 17.6 Å². The van der Waals surface area contributed by atoms with Crippen molar-refractivity contribution in [2.24, 2.45) is 0 Å². The van der Waals surface area contributed by atoms with E-state index in [0.29, 0.717) is 49.4 Å². The molecule has 1 amide bonds. The van der Waals surface area contributed by atoms with E-state index in [2.05, 4.69) is 15.1 Å². The first-order chi connectivity index (χ1) is 13.3. The van der Waals surface area contributed by atoms with Crippen LogP contribution in [0.25, 0.3) is 11.4 Å². The van der Waals surface area contributed by atoms with Crippen molar-refractivity contribution in [2.75, 3.05) is 24.7 Å². The summed E-state index contributed by atoms with van der Waals surface area (Å²) in [6.07, 6.45) is 3.68. The first-order valence-electron chi connectivity index (χ1n) is 8.72. The van der Waals surface area contributed by atoms with E-state index in [1.54, 1.807) is 17.3 Å². The fraction of sp³-hybridized carbons (Fsp3) is 0.263. The topological polar surface area (TPSA) is 90.6 Å². The number of carbonyl (C=O) groups excluding carboxylic acids is 1. The molecule has 8 heteroatoms. The molecular formula is C19H16N4O4. The van der Waals surface area contributed by atoms with E-state index in [-0.39, 0.29) is 11.8 Å². The summed E-state index contributed by atoms with van der Waals surface area (Å²) in [5.74, 6) is 2.16. The lowest BCUT2D eigenvalue weighted by atomic mass is 10.1. The minimum Gasteiger partial charge on any atom is -0.486 e. The van der Waals surface area contributed by atoms with E-state index in [0.717, 1.165) is 11.3 Å². The molecule has 0 spiro atoms. The fourth-order valence-corrected chi connectivity index (χ4v) is 3.34. The standard InChI is InChI=1S/C19H16N4O4/c24-17-8-13(19-21-18(22-27-19)12-2-1-5-20-10-12)11-23(17)14-3-4-15-16(9-14)26-7-6-25-15/h1-5,9-10,13H,6-8,11H2. The van der Waals surface area contributed by atoms with Crippen molar-refractivity contribution in [1.82, 2.24) is 15.1 Å². The molecule has 0 N–H and O–H groups in total. The van der Waals surface area contributed by atoms with Gasteiger partial charge in [0.1, 0.15) is 13.2 Å². The number of anilines is 1. The monoisotopic (exact) mass is 364 g/mol. The molecule has 8 nitrogen and oxygen atoms in total. The molecule has 1 atom stereocenters. The smallest absolute Gasteiger partial charge is 0.232 e. The Labute approximate surface area is 154 Å². The third-order valence-corrected chi connectivity index (χ3v) is 4.67. The molecule has 1 saturated heterocycles. The van der Waals surface area contributed by atoms with Crippen molar-refractivity contribution in [3.63, 3.8) is 0 Å². The highest BCUT2D eigenvalue weighted by Crippen LogP contribution is 2.37. The van der Waals surface area contributed by atoms with Gasteiger partial charge in [0, 0.05) is 42.7 Å². The third-order valence-electron chi connectivity index (χ3n) is 4.67. The van der Waals surface area contributed by atoms with E-state index in [1.165, 1.54) is 0 Å². The van der Waals surface area contributed by atoms with Gasteiger partial charge in [-0.3, -0.25) is 9.78 Å². The summed E-state index contributed by atoms with van der Waals surface area (Å²) < 4.78 is 16.6. The summed E-state index contributed by atoms with van der Waals surface area (Å²) in [7, 11) is 0. The van der Waals surface area contributed by atoms with Crippen molar-refractivity contribution in [3.05, 3.63) is 48.6 Å². The zero-order valence-corrected chi connectivity index (χ0v) is 14.4. The largest absolute Gasteiger partial charge is 0.486 e. The Kier molecular flexibility index (Phi) is 3.74. The van der Waals surface area contributed by atoms with Gasteiger partial charge in [0.15, 0.2) is 11.5 Å². The number of ether oxygens (including phenoxy) is 2. The molecule has 0 bridgehead atoms. The molecular weight excluding hydrogens is 348 g/mol. The molecule has 2 aliphatic heterocycles. The van der Waals surface area contributed by atoms with Crippen molar-refractivity contribution >= 4 is 11.6 Å². The molecule has 5 rings (SSSR count). The van der Waals surface area contributed by atoms with Crippen molar-refractivity contribution < 1.29 is 18.8 Å². The van der Waals surface area contributed by atoms with Gasteiger partial charge in [0.05, 0.1) is 5.92 Å². The number of benzene rings is 1. The second-order valence-electron chi connectivity index (χ2n) is 6.43. The predicted octanol–water partition coefficient (Wildman–Crippen LogP) is 2.42.